The van der Waals surface area contributed by atoms with Crippen LogP contribution in [0.2, 0.25) is 0 Å². The first kappa shape index (κ1) is 17.2. The molecule has 26 heavy (non-hydrogen) atoms. The molecule has 1 aromatic heterocycles. The quantitative estimate of drug-likeness (QED) is 0.885. The molecular weight excluding hydrogens is 328 g/mol. The zero-order valence-corrected chi connectivity index (χ0v) is 15.2. The van der Waals surface area contributed by atoms with Crippen LogP contribution in [-0.4, -0.2) is 41.5 Å². The van der Waals surface area contributed by atoms with Crippen LogP contribution in [0.15, 0.2) is 30.5 Å². The molecule has 6 nitrogen and oxygen atoms in total. The average Bonchev–Trinajstić information content (AvgIpc) is 3.02. The van der Waals surface area contributed by atoms with Crippen LogP contribution < -0.4 is 10.6 Å². The summed E-state index contributed by atoms with van der Waals surface area (Å²) in [5, 5.41) is 11.0. The first-order chi connectivity index (χ1) is 12.7. The number of anilines is 1. The van der Waals surface area contributed by atoms with E-state index in [1.165, 1.54) is 11.1 Å². The molecule has 0 radical (unpaired) electrons. The molecule has 2 N–H and O–H groups in total. The van der Waals surface area contributed by atoms with Gasteiger partial charge in [0.2, 0.25) is 5.91 Å². The van der Waals surface area contributed by atoms with Gasteiger partial charge in [-0.2, -0.15) is 5.10 Å². The number of nitrogens with zero attached hydrogens (tertiary/aromatic N) is 2. The Morgan fingerprint density at radius 1 is 1.42 bits per heavy atom. The van der Waals surface area contributed by atoms with Crippen molar-refractivity contribution in [3.05, 3.63) is 47.2 Å². The molecule has 0 saturated carbocycles. The molecule has 6 heteroatoms. The maximum atomic E-state index is 12.6. The van der Waals surface area contributed by atoms with E-state index in [-0.39, 0.29) is 18.0 Å². The number of aryl methyl sites for hydroxylation is 2. The van der Waals surface area contributed by atoms with Crippen LogP contribution in [0.3, 0.4) is 0 Å². The van der Waals surface area contributed by atoms with Gasteiger partial charge in [-0.3, -0.25) is 4.79 Å². The molecule has 1 fully saturated rings. The van der Waals surface area contributed by atoms with Crippen molar-refractivity contribution < 1.29 is 9.53 Å². The number of benzene rings is 1. The van der Waals surface area contributed by atoms with E-state index in [4.69, 9.17) is 4.74 Å². The fraction of sp³-hybridized carbons (Fsp3) is 0.500. The van der Waals surface area contributed by atoms with Crippen molar-refractivity contribution in [2.45, 2.75) is 44.7 Å². The predicted molar refractivity (Wildman–Crippen MR) is 100 cm³/mol. The van der Waals surface area contributed by atoms with Crippen molar-refractivity contribution >= 4 is 11.7 Å². The smallest absolute Gasteiger partial charge is 0.227 e. The third kappa shape index (κ3) is 3.52. The Morgan fingerprint density at radius 2 is 2.31 bits per heavy atom. The highest BCUT2D eigenvalue weighted by Crippen LogP contribution is 2.35. The van der Waals surface area contributed by atoms with Crippen molar-refractivity contribution in [3.63, 3.8) is 0 Å². The maximum absolute atomic E-state index is 12.6. The third-order valence-corrected chi connectivity index (χ3v) is 5.30. The van der Waals surface area contributed by atoms with Gasteiger partial charge in [-0.15, -0.1) is 0 Å². The lowest BCUT2D eigenvalue weighted by molar-refractivity contribution is -0.117. The van der Waals surface area contributed by atoms with Gasteiger partial charge < -0.3 is 15.4 Å². The highest BCUT2D eigenvalue weighted by molar-refractivity contribution is 5.91. The molecule has 138 valence electrons. The number of carbonyl (C=O) groups is 1. The summed E-state index contributed by atoms with van der Waals surface area (Å²) in [6.45, 7) is 4.09. The number of ether oxygens (including phenoxy) is 1. The molecule has 1 aliphatic heterocycles. The minimum Gasteiger partial charge on any atom is -0.378 e. The van der Waals surface area contributed by atoms with Crippen LogP contribution in [0.5, 0.6) is 0 Å². The normalized spacial score (nSPS) is 22.7. The minimum atomic E-state index is 0.00180. The van der Waals surface area contributed by atoms with Crippen LogP contribution in [0.4, 0.5) is 5.82 Å². The number of fused-ring (bicyclic) bond motifs is 1. The maximum Gasteiger partial charge on any atom is 0.227 e. The summed E-state index contributed by atoms with van der Waals surface area (Å²) in [5.41, 5.74) is 3.70. The van der Waals surface area contributed by atoms with Gasteiger partial charge in [-0.05, 0) is 37.3 Å². The van der Waals surface area contributed by atoms with Gasteiger partial charge in [0.15, 0.2) is 0 Å². The number of morpholine rings is 1. The van der Waals surface area contributed by atoms with Gasteiger partial charge in [-0.1, -0.05) is 24.3 Å². The van der Waals surface area contributed by atoms with Gasteiger partial charge in [0.05, 0.1) is 25.5 Å². The van der Waals surface area contributed by atoms with E-state index in [1.807, 2.05) is 17.8 Å². The predicted octanol–water partition coefficient (Wildman–Crippen LogP) is 2.43. The summed E-state index contributed by atoms with van der Waals surface area (Å²) >= 11 is 0. The number of hydrogen-bond donors (Lipinski definition) is 2. The van der Waals surface area contributed by atoms with E-state index < -0.39 is 0 Å². The van der Waals surface area contributed by atoms with Crippen LogP contribution in [0, 0.1) is 6.92 Å². The van der Waals surface area contributed by atoms with E-state index in [2.05, 4.69) is 40.0 Å². The van der Waals surface area contributed by atoms with E-state index in [0.717, 1.165) is 37.2 Å². The number of carbonyl (C=O) groups excluding carboxylic acids is 1. The van der Waals surface area contributed by atoms with Crippen LogP contribution in [0.25, 0.3) is 0 Å². The van der Waals surface area contributed by atoms with Gasteiger partial charge in [0, 0.05) is 24.6 Å². The summed E-state index contributed by atoms with van der Waals surface area (Å²) in [5.74, 6) is 0.815. The Balaban J connectivity index is 1.54. The van der Waals surface area contributed by atoms with Crippen molar-refractivity contribution in [2.24, 2.45) is 0 Å². The topological polar surface area (TPSA) is 68.2 Å². The van der Waals surface area contributed by atoms with Crippen LogP contribution in [0.1, 0.15) is 42.0 Å². The number of hydrogen-bond acceptors (Lipinski definition) is 4. The van der Waals surface area contributed by atoms with Crippen molar-refractivity contribution in [3.8, 4) is 0 Å². The molecule has 4 rings (SSSR count). The van der Waals surface area contributed by atoms with E-state index in [1.54, 1.807) is 0 Å². The minimum absolute atomic E-state index is 0.00180. The van der Waals surface area contributed by atoms with Gasteiger partial charge in [-0.25, -0.2) is 4.68 Å². The Morgan fingerprint density at radius 3 is 3.15 bits per heavy atom. The highest BCUT2D eigenvalue weighted by Gasteiger charge is 2.26. The summed E-state index contributed by atoms with van der Waals surface area (Å²) in [6, 6.07) is 8.82. The molecule has 0 spiro atoms. The summed E-state index contributed by atoms with van der Waals surface area (Å²) in [4.78, 5) is 12.6. The van der Waals surface area contributed by atoms with E-state index in [0.29, 0.717) is 19.6 Å². The molecule has 1 amide bonds. The molecule has 1 aliphatic carbocycles. The first-order valence-electron chi connectivity index (χ1n) is 9.45. The van der Waals surface area contributed by atoms with Crippen molar-refractivity contribution in [1.82, 2.24) is 15.1 Å². The van der Waals surface area contributed by atoms with E-state index in [9.17, 15) is 4.79 Å². The number of aromatic nitrogens is 2. The molecule has 1 saturated heterocycles. The number of amides is 1. The lowest BCUT2D eigenvalue weighted by Crippen LogP contribution is -2.43. The molecule has 2 atom stereocenters. The third-order valence-electron chi connectivity index (χ3n) is 5.30. The van der Waals surface area contributed by atoms with Crippen molar-refractivity contribution in [2.75, 3.05) is 25.1 Å². The fourth-order valence-corrected chi connectivity index (χ4v) is 3.98. The zero-order valence-electron chi connectivity index (χ0n) is 15.2. The Bertz CT molecular complexity index is 780. The molecule has 2 heterocycles. The molecule has 2 aromatic rings. The second-order valence-corrected chi connectivity index (χ2v) is 7.21. The highest BCUT2D eigenvalue weighted by atomic mass is 16.5. The molecule has 2 unspecified atom stereocenters. The van der Waals surface area contributed by atoms with Gasteiger partial charge >= 0.3 is 0 Å². The molecule has 2 aliphatic rings. The lowest BCUT2D eigenvalue weighted by Gasteiger charge is -2.28. The lowest BCUT2D eigenvalue weighted by atomic mass is 9.88. The number of nitrogens with one attached hydrogen (secondary N) is 2. The van der Waals surface area contributed by atoms with Crippen LogP contribution in [-0.2, 0) is 16.0 Å². The standard InChI is InChI=1S/C20H26N4O2/c1-14-12-22-24(18-8-4-6-15-5-2-3-7-17(15)18)20(14)23-19(25)11-16-13-26-10-9-21-16/h2-3,5,7,12,16,18,21H,4,6,8-11,13H2,1H3,(H,23,25). The van der Waals surface area contributed by atoms with E-state index >= 15 is 0 Å². The van der Waals surface area contributed by atoms with Crippen molar-refractivity contribution in [1.29, 1.82) is 0 Å². The van der Waals surface area contributed by atoms with Gasteiger partial charge in [0.1, 0.15) is 5.82 Å². The monoisotopic (exact) mass is 354 g/mol. The summed E-state index contributed by atoms with van der Waals surface area (Å²) < 4.78 is 7.44. The zero-order chi connectivity index (χ0) is 17.9. The molecule has 1 aromatic carbocycles. The summed E-state index contributed by atoms with van der Waals surface area (Å²) in [7, 11) is 0. The molecule has 0 bridgehead atoms. The summed E-state index contributed by atoms with van der Waals surface area (Å²) in [6.07, 6.45) is 5.54. The second-order valence-electron chi connectivity index (χ2n) is 7.21. The molecular formula is C20H26N4O2. The van der Waals surface area contributed by atoms with Gasteiger partial charge in [0.25, 0.3) is 0 Å². The van der Waals surface area contributed by atoms with Crippen LogP contribution >= 0.6 is 0 Å². The largest absolute Gasteiger partial charge is 0.378 e. The fourth-order valence-electron chi connectivity index (χ4n) is 3.98. The SMILES string of the molecule is Cc1cnn(C2CCCc3ccccc32)c1NC(=O)CC1COCCN1. The second kappa shape index (κ2) is 7.60. The number of rotatable bonds is 4. The first-order valence-corrected chi connectivity index (χ1v) is 9.45. The Labute approximate surface area is 153 Å². The Hall–Kier alpha value is -2.18. The Kier molecular flexibility index (Phi) is 5.04. The average molecular weight is 354 g/mol.